The highest BCUT2D eigenvalue weighted by Gasteiger charge is 2.25. The number of para-hydroxylation sites is 2. The quantitative estimate of drug-likeness (QED) is 0.203. The molecule has 0 spiro atoms. The summed E-state index contributed by atoms with van der Waals surface area (Å²) in [7, 11) is 0. The van der Waals surface area contributed by atoms with Crippen molar-refractivity contribution in [3.63, 3.8) is 0 Å². The fourth-order valence-electron chi connectivity index (χ4n) is 5.57. The molecule has 6 rings (SSSR count). The first kappa shape index (κ1) is 28.7. The van der Waals surface area contributed by atoms with Crippen molar-refractivity contribution in [2.24, 2.45) is 0 Å². The van der Waals surface area contributed by atoms with Crippen LogP contribution in [-0.2, 0) is 0 Å². The van der Waals surface area contributed by atoms with E-state index < -0.39 is 0 Å². The lowest BCUT2D eigenvalue weighted by atomic mass is 9.99. The van der Waals surface area contributed by atoms with Crippen LogP contribution in [0.3, 0.4) is 0 Å². The van der Waals surface area contributed by atoms with Gasteiger partial charge in [-0.1, -0.05) is 78.4 Å². The van der Waals surface area contributed by atoms with Crippen LogP contribution < -0.4 is 19.9 Å². The minimum atomic E-state index is -0.198. The molecule has 0 unspecified atom stereocenters. The van der Waals surface area contributed by atoms with Crippen molar-refractivity contribution in [3.8, 4) is 16.9 Å². The Bertz CT molecular complexity index is 1730. The van der Waals surface area contributed by atoms with Gasteiger partial charge in [0.2, 0.25) is 0 Å². The zero-order valence-electron chi connectivity index (χ0n) is 24.8. The van der Waals surface area contributed by atoms with Crippen molar-refractivity contribution >= 4 is 28.9 Å². The van der Waals surface area contributed by atoms with E-state index >= 15 is 0 Å². The number of aryl methyl sites for hydroxylation is 1. The van der Waals surface area contributed by atoms with Crippen molar-refractivity contribution in [3.05, 3.63) is 144 Å². The zero-order valence-corrected chi connectivity index (χ0v) is 24.8. The third kappa shape index (κ3) is 6.50. The number of amides is 2. The van der Waals surface area contributed by atoms with Crippen LogP contribution in [0.1, 0.15) is 32.7 Å². The molecule has 0 fully saturated rings. The summed E-state index contributed by atoms with van der Waals surface area (Å²) in [5.74, 6) is 0.592. The number of benzene rings is 5. The number of nitrogens with one attached hydrogen (secondary N) is 1. The Morgan fingerprint density at radius 1 is 0.727 bits per heavy atom. The van der Waals surface area contributed by atoms with E-state index in [0.717, 1.165) is 41.2 Å². The highest BCUT2D eigenvalue weighted by atomic mass is 16.5. The molecule has 0 saturated heterocycles. The minimum absolute atomic E-state index is 0.0671. The fraction of sp³-hybridized carbons (Fsp3) is 0.158. The molecule has 6 nitrogen and oxygen atoms in total. The van der Waals surface area contributed by atoms with Gasteiger partial charge >= 0.3 is 0 Å². The third-order valence-electron chi connectivity index (χ3n) is 7.87. The number of hydrogen-bond acceptors (Lipinski definition) is 4. The maximum Gasteiger partial charge on any atom is 0.258 e. The van der Waals surface area contributed by atoms with Gasteiger partial charge in [0.15, 0.2) is 0 Å². The number of carbonyl (C=O) groups excluding carboxylic acids is 2. The van der Waals surface area contributed by atoms with Crippen LogP contribution in [-0.4, -0.2) is 38.1 Å². The fourth-order valence-corrected chi connectivity index (χ4v) is 5.57. The number of fused-ring (bicyclic) bond motifs is 1. The van der Waals surface area contributed by atoms with Crippen molar-refractivity contribution in [2.75, 3.05) is 41.4 Å². The number of carbonyl (C=O) groups is 2. The van der Waals surface area contributed by atoms with Crippen LogP contribution in [0, 0.1) is 6.92 Å². The molecule has 44 heavy (non-hydrogen) atoms. The number of nitrogens with zero attached hydrogens (tertiary/aromatic N) is 2. The molecule has 6 heteroatoms. The summed E-state index contributed by atoms with van der Waals surface area (Å²) in [5.41, 5.74) is 6.75. The first-order chi connectivity index (χ1) is 21.6. The van der Waals surface area contributed by atoms with Crippen LogP contribution in [0.5, 0.6) is 5.75 Å². The second-order valence-corrected chi connectivity index (χ2v) is 10.9. The lowest BCUT2D eigenvalue weighted by Gasteiger charge is -2.27. The molecule has 1 aliphatic heterocycles. The van der Waals surface area contributed by atoms with Gasteiger partial charge in [-0.15, -0.1) is 0 Å². The van der Waals surface area contributed by atoms with E-state index in [-0.39, 0.29) is 11.8 Å². The van der Waals surface area contributed by atoms with Crippen LogP contribution in [0.2, 0.25) is 0 Å². The SMILES string of the molecule is Cc1ccc(OCCN2CCCN(C(=O)c3ccc(NC(=O)c4ccccc4-c4ccccc4)cc3)c3ccccc32)cc1. The smallest absolute Gasteiger partial charge is 0.258 e. The standard InChI is InChI=1S/C38H35N3O3/c1-28-16-22-32(23-17-28)44-27-26-40-24-9-25-41(36-15-8-7-14-35(36)40)38(43)30-18-20-31(21-19-30)39-37(42)34-13-6-5-12-33(34)29-10-3-2-4-11-29/h2-8,10-23H,9,24-27H2,1H3,(H,39,42). The Hall–Kier alpha value is -5.36. The summed E-state index contributed by atoms with van der Waals surface area (Å²) in [5, 5.41) is 3.00. The van der Waals surface area contributed by atoms with E-state index in [4.69, 9.17) is 4.74 Å². The lowest BCUT2D eigenvalue weighted by Crippen LogP contribution is -2.31. The van der Waals surface area contributed by atoms with Gasteiger partial charge in [0, 0.05) is 29.9 Å². The molecule has 2 amide bonds. The molecule has 0 radical (unpaired) electrons. The molecule has 1 heterocycles. The van der Waals surface area contributed by atoms with Gasteiger partial charge in [-0.05, 0) is 79.1 Å². The van der Waals surface area contributed by atoms with E-state index in [1.54, 1.807) is 24.3 Å². The first-order valence-corrected chi connectivity index (χ1v) is 15.0. The van der Waals surface area contributed by atoms with Crippen molar-refractivity contribution in [1.29, 1.82) is 0 Å². The normalized spacial score (nSPS) is 12.7. The monoisotopic (exact) mass is 581 g/mol. The maximum absolute atomic E-state index is 13.8. The van der Waals surface area contributed by atoms with Crippen LogP contribution >= 0.6 is 0 Å². The second-order valence-electron chi connectivity index (χ2n) is 10.9. The zero-order chi connectivity index (χ0) is 30.3. The molecule has 0 aromatic heterocycles. The lowest BCUT2D eigenvalue weighted by molar-refractivity contribution is 0.0986. The number of hydrogen-bond donors (Lipinski definition) is 1. The molecule has 1 aliphatic rings. The summed E-state index contributed by atoms with van der Waals surface area (Å²) in [4.78, 5) is 31.2. The second kappa shape index (κ2) is 13.3. The van der Waals surface area contributed by atoms with Gasteiger partial charge in [0.05, 0.1) is 17.9 Å². The summed E-state index contributed by atoms with van der Waals surface area (Å²) < 4.78 is 6.01. The molecule has 5 aromatic rings. The average molecular weight is 582 g/mol. The summed E-state index contributed by atoms with van der Waals surface area (Å²) in [6, 6.07) is 40.7. The van der Waals surface area contributed by atoms with Crippen LogP contribution in [0.15, 0.2) is 127 Å². The largest absolute Gasteiger partial charge is 0.492 e. The highest BCUT2D eigenvalue weighted by Crippen LogP contribution is 2.33. The maximum atomic E-state index is 13.8. The third-order valence-corrected chi connectivity index (χ3v) is 7.87. The molecule has 0 atom stereocenters. The Kier molecular flexibility index (Phi) is 8.69. The minimum Gasteiger partial charge on any atom is -0.492 e. The van der Waals surface area contributed by atoms with Gasteiger partial charge in [-0.2, -0.15) is 0 Å². The predicted molar refractivity (Wildman–Crippen MR) is 178 cm³/mol. The van der Waals surface area contributed by atoms with E-state index in [2.05, 4.69) is 23.2 Å². The van der Waals surface area contributed by atoms with Crippen LogP contribution in [0.25, 0.3) is 11.1 Å². The molecular formula is C38H35N3O3. The van der Waals surface area contributed by atoms with Gasteiger partial charge in [-0.3, -0.25) is 9.59 Å². The van der Waals surface area contributed by atoms with Crippen molar-refractivity contribution in [2.45, 2.75) is 13.3 Å². The predicted octanol–water partition coefficient (Wildman–Crippen LogP) is 7.85. The summed E-state index contributed by atoms with van der Waals surface area (Å²) in [6.07, 6.45) is 0.833. The van der Waals surface area contributed by atoms with Gasteiger partial charge in [-0.25, -0.2) is 0 Å². The number of rotatable bonds is 8. The van der Waals surface area contributed by atoms with Crippen LogP contribution in [0.4, 0.5) is 17.1 Å². The molecule has 0 bridgehead atoms. The van der Waals surface area contributed by atoms with E-state index in [1.807, 2.05) is 102 Å². The van der Waals surface area contributed by atoms with Crippen molar-refractivity contribution < 1.29 is 14.3 Å². The molecule has 5 aromatic carbocycles. The topological polar surface area (TPSA) is 61.9 Å². The number of anilines is 3. The highest BCUT2D eigenvalue weighted by molar-refractivity contribution is 6.10. The summed E-state index contributed by atoms with van der Waals surface area (Å²) >= 11 is 0. The van der Waals surface area contributed by atoms with E-state index in [0.29, 0.717) is 36.5 Å². The Balaban J connectivity index is 1.14. The molecule has 0 saturated carbocycles. The molecular weight excluding hydrogens is 546 g/mol. The molecule has 1 N–H and O–H groups in total. The first-order valence-electron chi connectivity index (χ1n) is 15.0. The number of ether oxygens (including phenoxy) is 1. The Labute approximate surface area is 258 Å². The molecule has 0 aliphatic carbocycles. The Morgan fingerprint density at radius 3 is 2.18 bits per heavy atom. The van der Waals surface area contributed by atoms with Gasteiger partial charge in [0.25, 0.3) is 11.8 Å². The van der Waals surface area contributed by atoms with E-state index in [9.17, 15) is 9.59 Å². The molecule has 220 valence electrons. The average Bonchev–Trinajstić information content (AvgIpc) is 3.25. The van der Waals surface area contributed by atoms with Gasteiger partial charge in [0.1, 0.15) is 12.4 Å². The Morgan fingerprint density at radius 2 is 1.41 bits per heavy atom. The van der Waals surface area contributed by atoms with Gasteiger partial charge < -0.3 is 19.9 Å². The van der Waals surface area contributed by atoms with Crippen molar-refractivity contribution in [1.82, 2.24) is 0 Å². The van der Waals surface area contributed by atoms with E-state index in [1.165, 1.54) is 5.56 Å². The summed E-state index contributed by atoms with van der Waals surface area (Å²) in [6.45, 7) is 4.77.